The molecule has 2 saturated carbocycles. The smallest absolute Gasteiger partial charge is 0.300 e. The number of amides is 1. The molecule has 2 atom stereocenters. The van der Waals surface area contributed by atoms with Crippen molar-refractivity contribution in [1.82, 2.24) is 14.9 Å². The molecule has 1 heterocycles. The lowest BCUT2D eigenvalue weighted by Crippen LogP contribution is -2.48. The molecule has 0 saturated heterocycles. The van der Waals surface area contributed by atoms with Crippen molar-refractivity contribution < 1.29 is 24.5 Å². The number of rotatable bonds is 12. The van der Waals surface area contributed by atoms with Crippen molar-refractivity contribution in [3.63, 3.8) is 0 Å². The minimum Gasteiger partial charge on any atom is -0.383 e. The van der Waals surface area contributed by atoms with Gasteiger partial charge in [-0.15, -0.1) is 0 Å². The Morgan fingerprint density at radius 2 is 1.84 bits per heavy atom. The van der Waals surface area contributed by atoms with E-state index in [-0.39, 0.29) is 36.1 Å². The number of benzene rings is 1. The summed E-state index contributed by atoms with van der Waals surface area (Å²) in [6, 6.07) is 2.73. The van der Waals surface area contributed by atoms with E-state index in [2.05, 4.69) is 10.3 Å². The van der Waals surface area contributed by atoms with Crippen molar-refractivity contribution in [2.75, 3.05) is 0 Å². The van der Waals surface area contributed by atoms with Crippen molar-refractivity contribution >= 4 is 23.1 Å². The van der Waals surface area contributed by atoms with E-state index in [0.717, 1.165) is 44.6 Å². The zero-order valence-electron chi connectivity index (χ0n) is 20.5. The molecular formula is C25H31N5O7. The van der Waals surface area contributed by atoms with Crippen LogP contribution >= 0.6 is 0 Å². The minimum absolute atomic E-state index is 0.0604. The number of nitrogens with one attached hydrogen (secondary N) is 1. The average Bonchev–Trinajstić information content (AvgIpc) is 3.63. The van der Waals surface area contributed by atoms with E-state index >= 15 is 0 Å². The van der Waals surface area contributed by atoms with E-state index in [9.17, 15) is 34.9 Å². The molecule has 0 radical (unpaired) electrons. The first-order valence-electron chi connectivity index (χ1n) is 12.7. The summed E-state index contributed by atoms with van der Waals surface area (Å²) in [4.78, 5) is 50.5. The first kappa shape index (κ1) is 26.4. The van der Waals surface area contributed by atoms with Gasteiger partial charge in [0.1, 0.15) is 11.8 Å². The number of aliphatic hydroxyl groups is 1. The van der Waals surface area contributed by atoms with Gasteiger partial charge in [0.05, 0.1) is 34.0 Å². The van der Waals surface area contributed by atoms with Crippen LogP contribution in [0, 0.1) is 32.1 Å². The van der Waals surface area contributed by atoms with Crippen molar-refractivity contribution in [1.29, 1.82) is 0 Å². The number of nitrogens with zero attached hydrogens (tertiary/aromatic N) is 4. The highest BCUT2D eigenvalue weighted by atomic mass is 16.6. The molecule has 1 aromatic heterocycles. The maximum Gasteiger partial charge on any atom is 0.300 e. The number of aryl methyl sites for hydroxylation is 1. The fourth-order valence-electron chi connectivity index (χ4n) is 4.99. The van der Waals surface area contributed by atoms with Crippen LogP contribution in [0.5, 0.6) is 0 Å². The SMILES string of the molecule is O=C(CCc1cn(-c2ccc([N+](=O)[O-])cc2[N+](=O)[O-])cn1)N[C@@H](CC1CCCCC1)[C@@H](O)C(=O)C1CC1. The fourth-order valence-corrected chi connectivity index (χ4v) is 4.99. The van der Waals surface area contributed by atoms with E-state index in [1.54, 1.807) is 0 Å². The summed E-state index contributed by atoms with van der Waals surface area (Å²) in [5.74, 6) is -0.231. The van der Waals surface area contributed by atoms with Crippen LogP contribution in [-0.2, 0) is 16.0 Å². The number of hydrogen-bond donors (Lipinski definition) is 2. The molecule has 4 rings (SSSR count). The maximum absolute atomic E-state index is 12.8. The molecule has 1 amide bonds. The molecule has 0 unspecified atom stereocenters. The molecular weight excluding hydrogens is 482 g/mol. The van der Waals surface area contributed by atoms with Gasteiger partial charge in [0.2, 0.25) is 5.91 Å². The third kappa shape index (κ3) is 6.76. The summed E-state index contributed by atoms with van der Waals surface area (Å²) in [7, 11) is 0. The highest BCUT2D eigenvalue weighted by Gasteiger charge is 2.38. The van der Waals surface area contributed by atoms with Gasteiger partial charge in [0.25, 0.3) is 11.4 Å². The molecule has 12 nitrogen and oxygen atoms in total. The summed E-state index contributed by atoms with van der Waals surface area (Å²) >= 11 is 0. The predicted molar refractivity (Wildman–Crippen MR) is 132 cm³/mol. The summed E-state index contributed by atoms with van der Waals surface area (Å²) in [5, 5.41) is 36.0. The van der Waals surface area contributed by atoms with Crippen LogP contribution in [-0.4, -0.2) is 48.3 Å². The second-order valence-electron chi connectivity index (χ2n) is 9.99. The lowest BCUT2D eigenvalue weighted by molar-refractivity contribution is -0.394. The van der Waals surface area contributed by atoms with Crippen LogP contribution < -0.4 is 5.32 Å². The summed E-state index contributed by atoms with van der Waals surface area (Å²) in [5.41, 5.74) is -0.206. The lowest BCUT2D eigenvalue weighted by atomic mass is 9.83. The Bertz CT molecular complexity index is 1170. The van der Waals surface area contributed by atoms with Crippen molar-refractivity contribution in [3.05, 3.63) is 56.6 Å². The monoisotopic (exact) mass is 513 g/mol. The first-order valence-corrected chi connectivity index (χ1v) is 12.7. The van der Waals surface area contributed by atoms with Gasteiger partial charge in [0, 0.05) is 24.6 Å². The topological polar surface area (TPSA) is 170 Å². The molecule has 2 aliphatic carbocycles. The Balaban J connectivity index is 1.39. The van der Waals surface area contributed by atoms with Crippen LogP contribution in [0.3, 0.4) is 0 Å². The summed E-state index contributed by atoms with van der Waals surface area (Å²) in [6.45, 7) is 0. The third-order valence-electron chi connectivity index (χ3n) is 7.20. The third-order valence-corrected chi connectivity index (χ3v) is 7.20. The van der Waals surface area contributed by atoms with Crippen LogP contribution in [0.4, 0.5) is 11.4 Å². The number of carbonyl (C=O) groups is 2. The van der Waals surface area contributed by atoms with Gasteiger partial charge in [-0.2, -0.15) is 0 Å². The van der Waals surface area contributed by atoms with E-state index in [1.807, 2.05) is 0 Å². The number of carbonyl (C=O) groups excluding carboxylic acids is 2. The van der Waals surface area contributed by atoms with E-state index in [1.165, 1.54) is 35.6 Å². The molecule has 2 N–H and O–H groups in total. The standard InChI is InChI=1S/C25H31N5O7/c31-23(27-20(12-16-4-2-1-3-5-16)25(33)24(32)17-6-7-17)11-8-18-14-28(15-26-18)21-10-9-19(29(34)35)13-22(21)30(36)37/h9-10,13-17,20,25,33H,1-8,11-12H2,(H,27,31)/t20-,25+/m0/s1. The van der Waals surface area contributed by atoms with Gasteiger partial charge >= 0.3 is 0 Å². The number of imidazole rings is 1. The Kier molecular flexibility index (Phi) is 8.27. The van der Waals surface area contributed by atoms with Gasteiger partial charge in [-0.25, -0.2) is 4.98 Å². The highest BCUT2D eigenvalue weighted by Crippen LogP contribution is 2.33. The number of ketones is 1. The molecule has 0 bridgehead atoms. The summed E-state index contributed by atoms with van der Waals surface area (Å²) < 4.78 is 1.39. The van der Waals surface area contributed by atoms with Gasteiger partial charge < -0.3 is 10.4 Å². The number of aromatic nitrogens is 2. The first-order chi connectivity index (χ1) is 17.7. The molecule has 2 aromatic rings. The van der Waals surface area contributed by atoms with Crippen molar-refractivity contribution in [2.24, 2.45) is 11.8 Å². The van der Waals surface area contributed by atoms with Crippen LogP contribution in [0.15, 0.2) is 30.7 Å². The van der Waals surface area contributed by atoms with E-state index < -0.39 is 33.4 Å². The van der Waals surface area contributed by atoms with Crippen molar-refractivity contribution in [2.45, 2.75) is 76.4 Å². The Morgan fingerprint density at radius 1 is 1.11 bits per heavy atom. The fraction of sp³-hybridized carbons (Fsp3) is 0.560. The Morgan fingerprint density at radius 3 is 2.49 bits per heavy atom. The number of hydrogen-bond acceptors (Lipinski definition) is 8. The Hall–Kier alpha value is -3.67. The molecule has 0 spiro atoms. The molecule has 2 fully saturated rings. The highest BCUT2D eigenvalue weighted by molar-refractivity contribution is 5.88. The predicted octanol–water partition coefficient (Wildman–Crippen LogP) is 3.42. The molecule has 0 aliphatic heterocycles. The van der Waals surface area contributed by atoms with Crippen LogP contribution in [0.1, 0.15) is 63.5 Å². The molecule has 198 valence electrons. The van der Waals surface area contributed by atoms with Gasteiger partial charge in [-0.05, 0) is 37.7 Å². The second-order valence-corrected chi connectivity index (χ2v) is 9.99. The molecule has 1 aromatic carbocycles. The maximum atomic E-state index is 12.8. The number of aliphatic hydroxyl groups excluding tert-OH is 1. The number of nitro benzene ring substituents is 2. The molecule has 2 aliphatic rings. The average molecular weight is 514 g/mol. The number of Topliss-reactive ketones (excluding diaryl/α,β-unsaturated/α-hetero) is 1. The van der Waals surface area contributed by atoms with Gasteiger partial charge in [0.15, 0.2) is 5.78 Å². The largest absolute Gasteiger partial charge is 0.383 e. The number of nitro groups is 2. The second kappa shape index (κ2) is 11.6. The van der Waals surface area contributed by atoms with Gasteiger partial charge in [-0.3, -0.25) is 34.4 Å². The van der Waals surface area contributed by atoms with E-state index in [4.69, 9.17) is 0 Å². The zero-order valence-corrected chi connectivity index (χ0v) is 20.5. The van der Waals surface area contributed by atoms with Crippen molar-refractivity contribution in [3.8, 4) is 5.69 Å². The number of non-ortho nitro benzene ring substituents is 1. The normalized spacial score (nSPS) is 17.6. The van der Waals surface area contributed by atoms with Crippen LogP contribution in [0.25, 0.3) is 5.69 Å². The van der Waals surface area contributed by atoms with E-state index in [0.29, 0.717) is 18.0 Å². The quantitative estimate of drug-likeness (QED) is 0.321. The molecule has 37 heavy (non-hydrogen) atoms. The summed E-state index contributed by atoms with van der Waals surface area (Å²) in [6.07, 6.45) is 9.61. The lowest BCUT2D eigenvalue weighted by Gasteiger charge is -2.29. The Labute approximate surface area is 213 Å². The van der Waals surface area contributed by atoms with Gasteiger partial charge in [-0.1, -0.05) is 32.1 Å². The zero-order chi connectivity index (χ0) is 26.5. The molecule has 12 heteroatoms. The van der Waals surface area contributed by atoms with Crippen LogP contribution in [0.2, 0.25) is 0 Å². The minimum atomic E-state index is -1.21.